The fourth-order valence-corrected chi connectivity index (χ4v) is 4.24. The van der Waals surface area contributed by atoms with Crippen molar-refractivity contribution >= 4 is 11.1 Å². The van der Waals surface area contributed by atoms with Gasteiger partial charge in [0.2, 0.25) is 0 Å². The fraction of sp³-hybridized carbons (Fsp3) is 0.455. The molecule has 9 heteroatoms. The summed E-state index contributed by atoms with van der Waals surface area (Å²) in [6.45, 7) is 3.54. The van der Waals surface area contributed by atoms with Crippen molar-refractivity contribution in [2.75, 3.05) is 27.3 Å². The number of alkyl halides is 3. The van der Waals surface area contributed by atoms with Crippen LogP contribution in [0.15, 0.2) is 28.8 Å². The topological polar surface area (TPSA) is 60.6 Å². The number of pyridine rings is 1. The third-order valence-electron chi connectivity index (χ3n) is 5.69. The van der Waals surface area contributed by atoms with Crippen molar-refractivity contribution in [3.8, 4) is 11.5 Å². The van der Waals surface area contributed by atoms with Gasteiger partial charge in [0.25, 0.3) is 5.71 Å². The molecule has 1 aliphatic heterocycles. The Labute approximate surface area is 177 Å². The molecule has 1 fully saturated rings. The number of ether oxygens (including phenoxy) is 2. The van der Waals surface area contributed by atoms with Crippen LogP contribution in [0.1, 0.15) is 41.3 Å². The SMILES string of the molecule is COc1ccc(CN2CCCC(c3noc4nc(C)cc(C(F)(F)F)c34)C2)c(OC)c1. The maximum absolute atomic E-state index is 13.7. The van der Waals surface area contributed by atoms with E-state index in [-0.39, 0.29) is 22.7 Å². The van der Waals surface area contributed by atoms with Gasteiger partial charge in [-0.1, -0.05) is 11.2 Å². The Morgan fingerprint density at radius 2 is 2.00 bits per heavy atom. The summed E-state index contributed by atoms with van der Waals surface area (Å²) in [5, 5.41) is 4.01. The van der Waals surface area contributed by atoms with Gasteiger partial charge in [0.05, 0.1) is 30.9 Å². The van der Waals surface area contributed by atoms with Gasteiger partial charge in [-0.05, 0) is 38.4 Å². The first-order valence-corrected chi connectivity index (χ1v) is 10.1. The molecule has 3 heterocycles. The number of piperidine rings is 1. The van der Waals surface area contributed by atoms with Crippen LogP contribution >= 0.6 is 0 Å². The second-order valence-electron chi connectivity index (χ2n) is 7.81. The number of benzene rings is 1. The second kappa shape index (κ2) is 8.37. The summed E-state index contributed by atoms with van der Waals surface area (Å²) in [7, 11) is 3.20. The summed E-state index contributed by atoms with van der Waals surface area (Å²) in [6.07, 6.45) is -2.92. The highest BCUT2D eigenvalue weighted by Gasteiger charge is 2.37. The molecule has 0 amide bonds. The zero-order chi connectivity index (χ0) is 22.2. The highest BCUT2D eigenvalue weighted by molar-refractivity contribution is 5.81. The molecule has 2 aromatic heterocycles. The molecule has 1 atom stereocenters. The van der Waals surface area contributed by atoms with Crippen molar-refractivity contribution in [3.63, 3.8) is 0 Å². The molecule has 0 N–H and O–H groups in total. The standard InChI is InChI=1S/C22H24F3N3O3/c1-13-9-17(22(23,24)25)19-20(27-31-21(19)26-13)15-5-4-8-28(12-15)11-14-6-7-16(29-2)10-18(14)30-3/h6-7,9-10,15H,4-5,8,11-12H2,1-3H3. The number of hydrogen-bond acceptors (Lipinski definition) is 6. The largest absolute Gasteiger partial charge is 0.497 e. The second-order valence-corrected chi connectivity index (χ2v) is 7.81. The van der Waals surface area contributed by atoms with Gasteiger partial charge in [-0.3, -0.25) is 4.90 Å². The number of rotatable bonds is 5. The Kier molecular flexibility index (Phi) is 5.79. The van der Waals surface area contributed by atoms with E-state index in [4.69, 9.17) is 14.0 Å². The number of aryl methyl sites for hydroxylation is 1. The minimum absolute atomic E-state index is 0.0213. The van der Waals surface area contributed by atoms with Crippen LogP contribution in [0.3, 0.4) is 0 Å². The lowest BCUT2D eigenvalue weighted by Crippen LogP contribution is -2.34. The Morgan fingerprint density at radius 3 is 2.71 bits per heavy atom. The van der Waals surface area contributed by atoms with E-state index in [1.54, 1.807) is 14.2 Å². The van der Waals surface area contributed by atoms with E-state index in [9.17, 15) is 13.2 Å². The van der Waals surface area contributed by atoms with Crippen molar-refractivity contribution in [2.45, 2.75) is 38.4 Å². The molecule has 166 valence electrons. The van der Waals surface area contributed by atoms with E-state index < -0.39 is 11.7 Å². The van der Waals surface area contributed by atoms with E-state index in [1.807, 2.05) is 18.2 Å². The van der Waals surface area contributed by atoms with Crippen LogP contribution in [0.4, 0.5) is 13.2 Å². The third kappa shape index (κ3) is 4.32. The maximum atomic E-state index is 13.7. The van der Waals surface area contributed by atoms with E-state index in [0.29, 0.717) is 30.3 Å². The molecule has 1 aliphatic rings. The van der Waals surface area contributed by atoms with Crippen LogP contribution in [-0.4, -0.2) is 42.3 Å². The first-order chi connectivity index (χ1) is 14.8. The number of halogens is 3. The lowest BCUT2D eigenvalue weighted by Gasteiger charge is -2.32. The lowest BCUT2D eigenvalue weighted by atomic mass is 9.91. The molecule has 0 bridgehead atoms. The monoisotopic (exact) mass is 435 g/mol. The predicted octanol–water partition coefficient (Wildman–Crippen LogP) is 4.95. The molecule has 0 aliphatic carbocycles. The van der Waals surface area contributed by atoms with Crippen LogP contribution in [0.2, 0.25) is 0 Å². The quantitative estimate of drug-likeness (QED) is 0.565. The number of likely N-dealkylation sites (tertiary alicyclic amines) is 1. The van der Waals surface area contributed by atoms with Gasteiger partial charge in [-0.25, -0.2) is 4.98 Å². The average molecular weight is 435 g/mol. The van der Waals surface area contributed by atoms with Crippen molar-refractivity contribution in [3.05, 3.63) is 46.8 Å². The molecular weight excluding hydrogens is 411 g/mol. The number of nitrogens with zero attached hydrogens (tertiary/aromatic N) is 3. The van der Waals surface area contributed by atoms with Gasteiger partial charge in [-0.15, -0.1) is 0 Å². The summed E-state index contributed by atoms with van der Waals surface area (Å²) < 4.78 is 57.1. The highest BCUT2D eigenvalue weighted by atomic mass is 19.4. The summed E-state index contributed by atoms with van der Waals surface area (Å²) >= 11 is 0. The van der Waals surface area contributed by atoms with Crippen molar-refractivity contribution in [1.29, 1.82) is 0 Å². The van der Waals surface area contributed by atoms with Gasteiger partial charge in [-0.2, -0.15) is 13.2 Å². The summed E-state index contributed by atoms with van der Waals surface area (Å²) in [5.74, 6) is 1.24. The Hall–Kier alpha value is -2.81. The van der Waals surface area contributed by atoms with Crippen LogP contribution in [-0.2, 0) is 12.7 Å². The van der Waals surface area contributed by atoms with Gasteiger partial charge in [0.15, 0.2) is 0 Å². The van der Waals surface area contributed by atoms with E-state index in [2.05, 4.69) is 15.0 Å². The van der Waals surface area contributed by atoms with Crippen molar-refractivity contribution in [2.24, 2.45) is 0 Å². The van der Waals surface area contributed by atoms with Gasteiger partial charge in [0.1, 0.15) is 11.5 Å². The number of hydrogen-bond donors (Lipinski definition) is 0. The van der Waals surface area contributed by atoms with Crippen LogP contribution < -0.4 is 9.47 Å². The Bertz CT molecular complexity index is 1080. The first kappa shape index (κ1) is 21.4. The fourth-order valence-electron chi connectivity index (χ4n) is 4.24. The summed E-state index contributed by atoms with van der Waals surface area (Å²) in [5.41, 5.74) is 0.777. The van der Waals surface area contributed by atoms with Crippen LogP contribution in [0, 0.1) is 6.92 Å². The molecule has 4 rings (SSSR count). The molecular formula is C22H24F3N3O3. The van der Waals surface area contributed by atoms with Crippen LogP contribution in [0.5, 0.6) is 11.5 Å². The molecule has 1 saturated heterocycles. The third-order valence-corrected chi connectivity index (χ3v) is 5.69. The minimum atomic E-state index is -4.50. The van der Waals surface area contributed by atoms with E-state index >= 15 is 0 Å². The van der Waals surface area contributed by atoms with Crippen molar-refractivity contribution in [1.82, 2.24) is 15.0 Å². The Balaban J connectivity index is 1.62. The van der Waals surface area contributed by atoms with Gasteiger partial charge in [0, 0.05) is 36.3 Å². The Morgan fingerprint density at radius 1 is 1.19 bits per heavy atom. The zero-order valence-corrected chi connectivity index (χ0v) is 17.6. The average Bonchev–Trinajstić information content (AvgIpc) is 3.16. The maximum Gasteiger partial charge on any atom is 0.417 e. The molecule has 1 aromatic carbocycles. The van der Waals surface area contributed by atoms with Gasteiger partial charge >= 0.3 is 6.18 Å². The van der Waals surface area contributed by atoms with E-state index in [1.165, 1.54) is 6.92 Å². The summed E-state index contributed by atoms with van der Waals surface area (Å²) in [6, 6.07) is 6.70. The number of methoxy groups -OCH3 is 2. The predicted molar refractivity (Wildman–Crippen MR) is 108 cm³/mol. The first-order valence-electron chi connectivity index (χ1n) is 10.1. The van der Waals surface area contributed by atoms with E-state index in [0.717, 1.165) is 31.0 Å². The molecule has 3 aromatic rings. The molecule has 6 nitrogen and oxygen atoms in total. The van der Waals surface area contributed by atoms with Crippen LogP contribution in [0.25, 0.3) is 11.1 Å². The zero-order valence-electron chi connectivity index (χ0n) is 17.6. The molecule has 0 spiro atoms. The summed E-state index contributed by atoms with van der Waals surface area (Å²) in [4.78, 5) is 6.32. The smallest absolute Gasteiger partial charge is 0.417 e. The van der Waals surface area contributed by atoms with Gasteiger partial charge < -0.3 is 14.0 Å². The molecule has 0 radical (unpaired) electrons. The molecule has 1 unspecified atom stereocenters. The lowest BCUT2D eigenvalue weighted by molar-refractivity contribution is -0.136. The normalized spacial score (nSPS) is 17.8. The number of fused-ring (bicyclic) bond motifs is 1. The highest BCUT2D eigenvalue weighted by Crippen LogP contribution is 2.40. The van der Waals surface area contributed by atoms with Crippen molar-refractivity contribution < 1.29 is 27.2 Å². The number of aromatic nitrogens is 2. The molecule has 31 heavy (non-hydrogen) atoms. The molecule has 0 saturated carbocycles. The minimum Gasteiger partial charge on any atom is -0.497 e.